The number of nitrogens with zero attached hydrogens (tertiary/aromatic N) is 1. The fourth-order valence-corrected chi connectivity index (χ4v) is 6.11. The number of halogens is 3. The van der Waals surface area contributed by atoms with Gasteiger partial charge >= 0.3 is 0 Å². The normalized spacial score (nSPS) is 16.2. The molecule has 5 nitrogen and oxygen atoms in total. The van der Waals surface area contributed by atoms with E-state index in [0.29, 0.717) is 32.8 Å². The second-order valence-electron chi connectivity index (χ2n) is 8.65. The highest BCUT2D eigenvalue weighted by atomic mass is 35.5. The van der Waals surface area contributed by atoms with E-state index in [1.807, 2.05) is 54.6 Å². The first-order valence-corrected chi connectivity index (χ1v) is 14.1. The van der Waals surface area contributed by atoms with E-state index in [1.165, 1.54) is 0 Å². The lowest BCUT2D eigenvalue weighted by atomic mass is 9.96. The third kappa shape index (κ3) is 5.84. The first-order valence-electron chi connectivity index (χ1n) is 11.5. The van der Waals surface area contributed by atoms with Gasteiger partial charge in [0.1, 0.15) is 0 Å². The maximum absolute atomic E-state index is 13.5. The van der Waals surface area contributed by atoms with E-state index in [9.17, 15) is 8.42 Å². The Bertz CT molecular complexity index is 1540. The molecule has 9 heteroatoms. The molecule has 0 amide bonds. The van der Waals surface area contributed by atoms with Crippen LogP contribution in [-0.2, 0) is 10.0 Å². The molecule has 0 spiro atoms. The van der Waals surface area contributed by atoms with Crippen molar-refractivity contribution in [3.63, 3.8) is 0 Å². The first kappa shape index (κ1) is 25.8. The number of benzene rings is 4. The van der Waals surface area contributed by atoms with Gasteiger partial charge in [0.05, 0.1) is 22.7 Å². The smallest absolute Gasteiger partial charge is 0.241 e. The predicted molar refractivity (Wildman–Crippen MR) is 151 cm³/mol. The molecule has 0 saturated heterocycles. The Kier molecular flexibility index (Phi) is 7.56. The molecular formula is C28H22Cl3N3O2S. The molecule has 188 valence electrons. The van der Waals surface area contributed by atoms with Crippen molar-refractivity contribution in [3.8, 4) is 11.1 Å². The second kappa shape index (κ2) is 10.9. The topological polar surface area (TPSA) is 70.6 Å². The average molecular weight is 571 g/mol. The predicted octanol–water partition coefficient (Wildman–Crippen LogP) is 7.42. The van der Waals surface area contributed by atoms with Gasteiger partial charge in [-0.3, -0.25) is 0 Å². The summed E-state index contributed by atoms with van der Waals surface area (Å²) >= 11 is 18.7. The Morgan fingerprint density at radius 3 is 2.14 bits per heavy atom. The molecule has 0 radical (unpaired) electrons. The molecule has 0 bridgehead atoms. The van der Waals surface area contributed by atoms with Crippen LogP contribution in [0.5, 0.6) is 0 Å². The maximum atomic E-state index is 13.5. The summed E-state index contributed by atoms with van der Waals surface area (Å²) in [5.74, 6) is 0. The number of rotatable bonds is 7. The van der Waals surface area contributed by atoms with Gasteiger partial charge in [-0.25, -0.2) is 8.42 Å². The Morgan fingerprint density at radius 2 is 1.46 bits per heavy atom. The molecule has 4 aromatic rings. The van der Waals surface area contributed by atoms with Crippen LogP contribution in [0.2, 0.25) is 15.1 Å². The fourth-order valence-electron chi connectivity index (χ4n) is 4.26. The van der Waals surface area contributed by atoms with Crippen molar-refractivity contribution in [1.29, 1.82) is 0 Å². The number of sulfonamides is 1. The first-order chi connectivity index (χ1) is 17.8. The lowest BCUT2D eigenvalue weighted by molar-refractivity contribution is 0.576. The largest absolute Gasteiger partial charge is 0.302 e. The van der Waals surface area contributed by atoms with Crippen LogP contribution in [0.3, 0.4) is 0 Å². The lowest BCUT2D eigenvalue weighted by Crippen LogP contribution is -2.33. The molecule has 1 aliphatic heterocycles. The van der Waals surface area contributed by atoms with Crippen LogP contribution in [0.4, 0.5) is 0 Å². The summed E-state index contributed by atoms with van der Waals surface area (Å²) in [4.78, 5) is 0.142. The van der Waals surface area contributed by atoms with Crippen LogP contribution >= 0.6 is 34.8 Å². The number of hydrazone groups is 1. The second-order valence-corrected chi connectivity index (χ2v) is 11.6. The van der Waals surface area contributed by atoms with E-state index in [4.69, 9.17) is 34.8 Å². The van der Waals surface area contributed by atoms with Crippen LogP contribution < -0.4 is 10.1 Å². The molecule has 1 heterocycles. The molecular weight excluding hydrogens is 549 g/mol. The van der Waals surface area contributed by atoms with Gasteiger partial charge in [-0.05, 0) is 58.7 Å². The minimum absolute atomic E-state index is 0.129. The highest BCUT2D eigenvalue weighted by molar-refractivity contribution is 7.89. The van der Waals surface area contributed by atoms with Gasteiger partial charge in [-0.1, -0.05) is 95.5 Å². The van der Waals surface area contributed by atoms with Crippen LogP contribution in [0.15, 0.2) is 107 Å². The molecule has 2 atom stereocenters. The van der Waals surface area contributed by atoms with E-state index in [2.05, 4.69) is 15.2 Å². The van der Waals surface area contributed by atoms with Gasteiger partial charge in [0.15, 0.2) is 0 Å². The summed E-state index contributed by atoms with van der Waals surface area (Å²) in [6.07, 6.45) is 0.473. The van der Waals surface area contributed by atoms with E-state index >= 15 is 0 Å². The van der Waals surface area contributed by atoms with Crippen molar-refractivity contribution in [2.45, 2.75) is 23.4 Å². The molecule has 0 aliphatic carbocycles. The zero-order chi connectivity index (χ0) is 26.0. The van der Waals surface area contributed by atoms with E-state index in [-0.39, 0.29) is 10.9 Å². The average Bonchev–Trinajstić information content (AvgIpc) is 3.39. The number of nitrogens with one attached hydrogen (secondary N) is 2. The van der Waals surface area contributed by atoms with E-state index < -0.39 is 16.1 Å². The van der Waals surface area contributed by atoms with Crippen LogP contribution in [0, 0.1) is 0 Å². The Hall–Kier alpha value is -2.87. The summed E-state index contributed by atoms with van der Waals surface area (Å²) in [6.45, 7) is 0. The van der Waals surface area contributed by atoms with Gasteiger partial charge in [-0.2, -0.15) is 9.82 Å². The Balaban J connectivity index is 1.44. The zero-order valence-corrected chi connectivity index (χ0v) is 22.5. The van der Waals surface area contributed by atoms with Gasteiger partial charge in [0, 0.05) is 21.5 Å². The SMILES string of the molecule is O=S(=O)(NC(C1=NNC(c2ccc(Cl)cc2)C1)c1ccc(Cl)cc1Cl)c1ccc(-c2ccccc2)cc1. The van der Waals surface area contributed by atoms with Crippen molar-refractivity contribution < 1.29 is 8.42 Å². The van der Waals surface area contributed by atoms with Gasteiger partial charge in [0.2, 0.25) is 10.0 Å². The van der Waals surface area contributed by atoms with E-state index in [0.717, 1.165) is 16.7 Å². The Morgan fingerprint density at radius 1 is 0.811 bits per heavy atom. The van der Waals surface area contributed by atoms with Gasteiger partial charge in [-0.15, -0.1) is 0 Å². The van der Waals surface area contributed by atoms with Crippen molar-refractivity contribution in [2.75, 3.05) is 0 Å². The molecule has 2 unspecified atom stereocenters. The summed E-state index contributed by atoms with van der Waals surface area (Å²) in [7, 11) is -3.93. The summed E-state index contributed by atoms with van der Waals surface area (Å²) in [6, 6.07) is 28.1. The van der Waals surface area contributed by atoms with Crippen LogP contribution in [-0.4, -0.2) is 14.1 Å². The minimum Gasteiger partial charge on any atom is -0.302 e. The molecule has 2 N–H and O–H groups in total. The minimum atomic E-state index is -3.93. The Labute approximate surface area is 231 Å². The molecule has 4 aromatic carbocycles. The van der Waals surface area contributed by atoms with Gasteiger partial charge < -0.3 is 5.43 Å². The molecule has 0 saturated carbocycles. The van der Waals surface area contributed by atoms with Crippen LogP contribution in [0.25, 0.3) is 11.1 Å². The number of hydrogen-bond acceptors (Lipinski definition) is 4. The lowest BCUT2D eigenvalue weighted by Gasteiger charge is -2.21. The summed E-state index contributed by atoms with van der Waals surface area (Å²) in [5, 5.41) is 5.94. The molecule has 0 aromatic heterocycles. The van der Waals surface area contributed by atoms with Crippen molar-refractivity contribution in [1.82, 2.24) is 10.1 Å². The highest BCUT2D eigenvalue weighted by Crippen LogP contribution is 2.34. The number of hydrogen-bond donors (Lipinski definition) is 2. The molecule has 37 heavy (non-hydrogen) atoms. The molecule has 5 rings (SSSR count). The van der Waals surface area contributed by atoms with E-state index in [1.54, 1.807) is 42.5 Å². The summed E-state index contributed by atoms with van der Waals surface area (Å²) in [5.41, 5.74) is 7.20. The van der Waals surface area contributed by atoms with Gasteiger partial charge in [0.25, 0.3) is 0 Å². The third-order valence-electron chi connectivity index (χ3n) is 6.20. The maximum Gasteiger partial charge on any atom is 0.241 e. The summed E-state index contributed by atoms with van der Waals surface area (Å²) < 4.78 is 29.9. The molecule has 0 fully saturated rings. The fraction of sp³-hybridized carbons (Fsp3) is 0.107. The van der Waals surface area contributed by atoms with Crippen molar-refractivity contribution in [3.05, 3.63) is 123 Å². The zero-order valence-electron chi connectivity index (χ0n) is 19.4. The highest BCUT2D eigenvalue weighted by Gasteiger charge is 2.32. The monoisotopic (exact) mass is 569 g/mol. The standard InChI is InChI=1S/C28H22Cl3N3O2S/c29-21-10-6-20(7-11-21)26-17-27(33-32-26)28(24-15-12-22(30)16-25(24)31)34-37(35,36)23-13-8-19(9-14-23)18-4-2-1-3-5-18/h1-16,26,28,32,34H,17H2. The van der Waals surface area contributed by atoms with Crippen molar-refractivity contribution in [2.24, 2.45) is 5.10 Å². The third-order valence-corrected chi connectivity index (χ3v) is 8.45. The quantitative estimate of drug-likeness (QED) is 0.243. The van der Waals surface area contributed by atoms with Crippen molar-refractivity contribution >= 4 is 50.5 Å². The molecule has 1 aliphatic rings. The van der Waals surface area contributed by atoms with Crippen LogP contribution in [0.1, 0.15) is 29.6 Å².